The van der Waals surface area contributed by atoms with Crippen LogP contribution in [0, 0.1) is 0 Å². The summed E-state index contributed by atoms with van der Waals surface area (Å²) < 4.78 is 11.1. The summed E-state index contributed by atoms with van der Waals surface area (Å²) >= 11 is 0. The molecule has 0 spiro atoms. The second-order valence-corrected chi connectivity index (χ2v) is 8.45. The van der Waals surface area contributed by atoms with Crippen LogP contribution in [0.4, 0.5) is 0 Å². The summed E-state index contributed by atoms with van der Waals surface area (Å²) in [5, 5.41) is 41.3. The summed E-state index contributed by atoms with van der Waals surface area (Å²) in [5.74, 6) is 1.03. The fourth-order valence-electron chi connectivity index (χ4n) is 4.47. The third-order valence-corrected chi connectivity index (χ3v) is 6.30. The number of pyridine rings is 2. The van der Waals surface area contributed by atoms with E-state index in [1.54, 1.807) is 36.7 Å². The van der Waals surface area contributed by atoms with Gasteiger partial charge >= 0.3 is 0 Å². The molecule has 1 aliphatic heterocycles. The van der Waals surface area contributed by atoms with E-state index in [0.29, 0.717) is 11.6 Å². The quantitative estimate of drug-likeness (QED) is 0.244. The fraction of sp³-hybridized carbons (Fsp3) is 0.240. The largest absolute Gasteiger partial charge is 0.462 e. The second kappa shape index (κ2) is 8.52. The highest BCUT2D eigenvalue weighted by Crippen LogP contribution is 2.33. The molecule has 6 rings (SSSR count). The summed E-state index contributed by atoms with van der Waals surface area (Å²) in [7, 11) is 0. The lowest BCUT2D eigenvalue weighted by atomic mass is 9.99. The molecule has 0 aliphatic carbocycles. The molecular weight excluding hydrogens is 452 g/mol. The maximum atomic E-state index is 10.2. The van der Waals surface area contributed by atoms with Crippen molar-refractivity contribution in [2.24, 2.45) is 0 Å². The van der Waals surface area contributed by atoms with Gasteiger partial charge in [-0.3, -0.25) is 9.97 Å². The molecule has 10 heteroatoms. The zero-order valence-electron chi connectivity index (χ0n) is 18.3. The number of imidazole rings is 1. The Morgan fingerprint density at radius 1 is 0.829 bits per heavy atom. The number of nitrogens with one attached hydrogen (secondary N) is 1. The van der Waals surface area contributed by atoms with Gasteiger partial charge in [-0.25, -0.2) is 4.98 Å². The van der Waals surface area contributed by atoms with Crippen molar-refractivity contribution in [1.29, 1.82) is 0 Å². The SMILES string of the molecule is OC[C@H]1O[C@@H](Oc2ccc(-c3nc4c5cccnc5c5ncccc5c4[nH]3)cc2)[C@H](O)[C@H](O)[C@@H]1O. The van der Waals surface area contributed by atoms with Gasteiger partial charge in [-0.15, -0.1) is 0 Å². The number of nitrogens with zero attached hydrogens (tertiary/aromatic N) is 3. The minimum Gasteiger partial charge on any atom is -0.462 e. The molecule has 1 aliphatic rings. The second-order valence-electron chi connectivity index (χ2n) is 8.45. The van der Waals surface area contributed by atoms with Gasteiger partial charge in [-0.2, -0.15) is 0 Å². The summed E-state index contributed by atoms with van der Waals surface area (Å²) in [5.41, 5.74) is 4.05. The van der Waals surface area contributed by atoms with Crippen LogP contribution < -0.4 is 4.74 Å². The van der Waals surface area contributed by atoms with Gasteiger partial charge in [0.15, 0.2) is 0 Å². The zero-order chi connectivity index (χ0) is 24.1. The predicted molar refractivity (Wildman–Crippen MR) is 127 cm³/mol. The van der Waals surface area contributed by atoms with Gasteiger partial charge in [-0.05, 0) is 48.5 Å². The Hall–Kier alpha value is -3.67. The van der Waals surface area contributed by atoms with Gasteiger partial charge in [0, 0.05) is 28.7 Å². The number of aliphatic hydroxyl groups excluding tert-OH is 4. The van der Waals surface area contributed by atoms with Gasteiger partial charge in [0.2, 0.25) is 6.29 Å². The van der Waals surface area contributed by atoms with Crippen LogP contribution in [0.15, 0.2) is 60.9 Å². The van der Waals surface area contributed by atoms with E-state index in [0.717, 1.165) is 38.4 Å². The van der Waals surface area contributed by atoms with Crippen LogP contribution in [0.2, 0.25) is 0 Å². The topological polar surface area (TPSA) is 154 Å². The lowest BCUT2D eigenvalue weighted by Crippen LogP contribution is -2.60. The average Bonchev–Trinajstić information content (AvgIpc) is 3.36. The normalized spacial score (nSPS) is 24.9. The summed E-state index contributed by atoms with van der Waals surface area (Å²) in [6.45, 7) is -0.524. The summed E-state index contributed by atoms with van der Waals surface area (Å²) in [6, 6.07) is 14.7. The minimum absolute atomic E-state index is 0.374. The highest BCUT2D eigenvalue weighted by Gasteiger charge is 2.44. The van der Waals surface area contributed by atoms with Crippen molar-refractivity contribution in [1.82, 2.24) is 19.9 Å². The smallest absolute Gasteiger partial charge is 0.229 e. The van der Waals surface area contributed by atoms with Crippen LogP contribution >= 0.6 is 0 Å². The lowest BCUT2D eigenvalue weighted by molar-refractivity contribution is -0.277. The number of hydrogen-bond acceptors (Lipinski definition) is 9. The van der Waals surface area contributed by atoms with E-state index < -0.39 is 37.3 Å². The van der Waals surface area contributed by atoms with Crippen molar-refractivity contribution < 1.29 is 29.9 Å². The Labute approximate surface area is 198 Å². The minimum atomic E-state index is -1.51. The molecular formula is C25H22N4O6. The first kappa shape index (κ1) is 21.8. The molecule has 3 aromatic heterocycles. The van der Waals surface area contributed by atoms with Crippen molar-refractivity contribution in [2.75, 3.05) is 6.61 Å². The maximum Gasteiger partial charge on any atom is 0.229 e. The van der Waals surface area contributed by atoms with E-state index in [9.17, 15) is 20.4 Å². The molecule has 0 saturated carbocycles. The number of benzene rings is 2. The molecule has 0 bridgehead atoms. The number of ether oxygens (including phenoxy) is 2. The van der Waals surface area contributed by atoms with Gasteiger partial charge < -0.3 is 34.9 Å². The highest BCUT2D eigenvalue weighted by molar-refractivity contribution is 6.20. The molecule has 1 saturated heterocycles. The molecule has 10 nitrogen and oxygen atoms in total. The third kappa shape index (κ3) is 3.59. The van der Waals surface area contributed by atoms with Crippen LogP contribution in [0.3, 0.4) is 0 Å². The van der Waals surface area contributed by atoms with Crippen LogP contribution in [-0.2, 0) is 4.74 Å². The molecule has 0 radical (unpaired) electrons. The average molecular weight is 474 g/mol. The van der Waals surface area contributed by atoms with Crippen molar-refractivity contribution in [3.8, 4) is 17.1 Å². The monoisotopic (exact) mass is 474 g/mol. The predicted octanol–water partition coefficient (Wildman–Crippen LogP) is 1.50. The number of aromatic nitrogens is 4. The summed E-state index contributed by atoms with van der Waals surface area (Å²) in [4.78, 5) is 17.3. The van der Waals surface area contributed by atoms with Crippen LogP contribution in [-0.4, -0.2) is 77.7 Å². The molecule has 0 unspecified atom stereocenters. The Kier molecular flexibility index (Phi) is 5.32. The standard InChI is InChI=1S/C25H22N4O6/c30-11-16-21(31)22(32)23(33)25(35-16)34-13-7-5-12(6-8-13)24-28-19-14-3-1-9-26-17(14)18-15(20(19)29-24)4-2-10-27-18/h1-10,16,21-23,25,30-33H,11H2,(H,28,29)/t16-,21-,22-,23-,25-/m1/s1. The molecule has 5 N–H and O–H groups in total. The maximum absolute atomic E-state index is 10.2. The van der Waals surface area contributed by atoms with E-state index in [-0.39, 0.29) is 0 Å². The van der Waals surface area contributed by atoms with Crippen molar-refractivity contribution >= 4 is 32.8 Å². The number of hydrogen-bond donors (Lipinski definition) is 5. The van der Waals surface area contributed by atoms with Gasteiger partial charge in [0.05, 0.1) is 28.7 Å². The van der Waals surface area contributed by atoms with E-state index >= 15 is 0 Å². The van der Waals surface area contributed by atoms with Crippen LogP contribution in [0.5, 0.6) is 5.75 Å². The van der Waals surface area contributed by atoms with E-state index in [1.807, 2.05) is 24.3 Å². The molecule has 5 atom stereocenters. The first-order valence-electron chi connectivity index (χ1n) is 11.1. The molecule has 178 valence electrons. The first-order chi connectivity index (χ1) is 17.0. The van der Waals surface area contributed by atoms with Crippen molar-refractivity contribution in [3.63, 3.8) is 0 Å². The first-order valence-corrected chi connectivity index (χ1v) is 11.1. The number of aliphatic hydroxyl groups is 4. The molecule has 0 amide bonds. The van der Waals surface area contributed by atoms with Crippen molar-refractivity contribution in [3.05, 3.63) is 60.9 Å². The number of aromatic amines is 1. The molecule has 2 aromatic carbocycles. The van der Waals surface area contributed by atoms with E-state index in [2.05, 4.69) is 15.0 Å². The third-order valence-electron chi connectivity index (χ3n) is 6.30. The lowest BCUT2D eigenvalue weighted by Gasteiger charge is -2.39. The molecule has 5 aromatic rings. The highest BCUT2D eigenvalue weighted by atomic mass is 16.7. The van der Waals surface area contributed by atoms with Gasteiger partial charge in [0.1, 0.15) is 36.0 Å². The molecule has 1 fully saturated rings. The van der Waals surface area contributed by atoms with Crippen LogP contribution in [0.1, 0.15) is 0 Å². The van der Waals surface area contributed by atoms with Crippen LogP contribution in [0.25, 0.3) is 44.2 Å². The number of fused-ring (bicyclic) bond motifs is 6. The van der Waals surface area contributed by atoms with Gasteiger partial charge in [-0.1, -0.05) is 0 Å². The summed E-state index contributed by atoms with van der Waals surface area (Å²) in [6.07, 6.45) is -3.23. The Bertz CT molecular complexity index is 1450. The Morgan fingerprint density at radius 3 is 2.23 bits per heavy atom. The Morgan fingerprint density at radius 2 is 1.51 bits per heavy atom. The molecule has 35 heavy (non-hydrogen) atoms. The fourth-order valence-corrected chi connectivity index (χ4v) is 4.47. The van der Waals surface area contributed by atoms with E-state index in [1.165, 1.54) is 0 Å². The number of rotatable bonds is 4. The van der Waals surface area contributed by atoms with Gasteiger partial charge in [0.25, 0.3) is 0 Å². The van der Waals surface area contributed by atoms with Crippen molar-refractivity contribution in [2.45, 2.75) is 30.7 Å². The molecule has 4 heterocycles. The zero-order valence-corrected chi connectivity index (χ0v) is 18.3. The van der Waals surface area contributed by atoms with E-state index in [4.69, 9.17) is 14.5 Å². The number of H-pyrrole nitrogens is 1. The Balaban J connectivity index is 1.33.